The second-order valence-electron chi connectivity index (χ2n) is 6.68. The van der Waals surface area contributed by atoms with Gasteiger partial charge in [0.25, 0.3) is 0 Å². The summed E-state index contributed by atoms with van der Waals surface area (Å²) in [6.07, 6.45) is 0. The average Bonchev–Trinajstić information content (AvgIpc) is 2.82. The van der Waals surface area contributed by atoms with Crippen LogP contribution >= 0.6 is 7.60 Å². The van der Waals surface area contributed by atoms with Gasteiger partial charge >= 0.3 is 13.6 Å². The van der Waals surface area contributed by atoms with Crippen LogP contribution in [0.25, 0.3) is 0 Å². The van der Waals surface area contributed by atoms with Gasteiger partial charge in [-0.2, -0.15) is 0 Å². The predicted octanol–water partition coefficient (Wildman–Crippen LogP) is 5.27. The van der Waals surface area contributed by atoms with Crippen molar-refractivity contribution < 1.29 is 37.4 Å². The molecule has 1 atom stereocenters. The van der Waals surface area contributed by atoms with Gasteiger partial charge in [-0.05, 0) is 62.7 Å². The van der Waals surface area contributed by atoms with Gasteiger partial charge in [0.15, 0.2) is 17.3 Å². The zero-order valence-electron chi connectivity index (χ0n) is 19.9. The second kappa shape index (κ2) is 12.5. The molecule has 33 heavy (non-hydrogen) atoms. The van der Waals surface area contributed by atoms with Gasteiger partial charge in [0.2, 0.25) is 5.75 Å². The summed E-state index contributed by atoms with van der Waals surface area (Å²) in [5.74, 6) is -0.116. The lowest BCUT2D eigenvalue weighted by Crippen LogP contribution is -2.16. The average molecular weight is 481 g/mol. The van der Waals surface area contributed by atoms with Crippen LogP contribution in [0.3, 0.4) is 0 Å². The van der Waals surface area contributed by atoms with E-state index in [4.69, 9.17) is 28.0 Å². The van der Waals surface area contributed by atoms with E-state index in [0.29, 0.717) is 34.1 Å². The minimum atomic E-state index is -3.70. The van der Waals surface area contributed by atoms with Crippen molar-refractivity contribution in [3.05, 3.63) is 47.5 Å². The van der Waals surface area contributed by atoms with Crippen LogP contribution in [-0.2, 0) is 18.3 Å². The topological polar surface area (TPSA) is 102 Å². The molecule has 2 rings (SSSR count). The van der Waals surface area contributed by atoms with Crippen LogP contribution in [-0.4, -0.2) is 47.1 Å². The first-order valence-electron chi connectivity index (χ1n) is 10.6. The largest absolute Gasteiger partial charge is 0.493 e. The van der Waals surface area contributed by atoms with Crippen LogP contribution in [0.15, 0.2) is 36.4 Å². The molecule has 0 aliphatic rings. The molecular formula is C23H32NO8P. The van der Waals surface area contributed by atoms with Crippen molar-refractivity contribution in [2.24, 2.45) is 0 Å². The van der Waals surface area contributed by atoms with Crippen molar-refractivity contribution in [2.75, 3.05) is 46.5 Å². The second-order valence-corrected chi connectivity index (χ2v) is 8.79. The number of methoxy groups -OCH3 is 3. The third-order valence-electron chi connectivity index (χ3n) is 4.64. The number of nitrogens with one attached hydrogen (secondary N) is 1. The summed E-state index contributed by atoms with van der Waals surface area (Å²) in [5.41, 5.74) is 1.55. The number of hydrogen-bond donors (Lipinski definition) is 1. The number of esters is 1. The maximum absolute atomic E-state index is 13.8. The van der Waals surface area contributed by atoms with Gasteiger partial charge in [0.05, 0.1) is 46.7 Å². The van der Waals surface area contributed by atoms with Gasteiger partial charge in [-0.15, -0.1) is 0 Å². The van der Waals surface area contributed by atoms with Crippen LogP contribution < -0.4 is 19.5 Å². The van der Waals surface area contributed by atoms with Crippen molar-refractivity contribution >= 4 is 19.3 Å². The van der Waals surface area contributed by atoms with Crippen molar-refractivity contribution in [3.63, 3.8) is 0 Å². The molecule has 0 amide bonds. The fourth-order valence-corrected chi connectivity index (χ4v) is 5.14. The van der Waals surface area contributed by atoms with E-state index in [-0.39, 0.29) is 19.8 Å². The lowest BCUT2D eigenvalue weighted by molar-refractivity contribution is 0.0526. The quantitative estimate of drug-likeness (QED) is 0.303. The molecule has 0 radical (unpaired) electrons. The van der Waals surface area contributed by atoms with Gasteiger partial charge in [-0.25, -0.2) is 4.79 Å². The van der Waals surface area contributed by atoms with E-state index in [9.17, 15) is 9.36 Å². The van der Waals surface area contributed by atoms with Crippen molar-refractivity contribution in [3.8, 4) is 17.2 Å². The molecule has 0 spiro atoms. The van der Waals surface area contributed by atoms with Crippen LogP contribution in [0.4, 0.5) is 5.69 Å². The Morgan fingerprint density at radius 2 is 1.42 bits per heavy atom. The standard InChI is InChI=1S/C23H32NO8P/c1-7-30-23(25)16-10-12-18(13-11-16)24-22(33(26,31-8-2)32-9-3)17-14-19(27-4)21(29-6)20(15-17)28-5/h10-15,22,24H,7-9H2,1-6H3. The van der Waals surface area contributed by atoms with Gasteiger partial charge in [-0.3, -0.25) is 4.57 Å². The Hall–Kier alpha value is -2.74. The molecule has 1 unspecified atom stereocenters. The number of rotatable bonds is 13. The molecule has 9 nitrogen and oxygen atoms in total. The van der Waals surface area contributed by atoms with E-state index >= 15 is 0 Å². The van der Waals surface area contributed by atoms with Crippen LogP contribution in [0.5, 0.6) is 17.2 Å². The van der Waals surface area contributed by atoms with Gasteiger partial charge in [0.1, 0.15) is 0 Å². The fraction of sp³-hybridized carbons (Fsp3) is 0.435. The van der Waals surface area contributed by atoms with Crippen molar-refractivity contribution in [2.45, 2.75) is 26.6 Å². The highest BCUT2D eigenvalue weighted by Crippen LogP contribution is 2.61. The molecule has 0 bridgehead atoms. The van der Waals surface area contributed by atoms with E-state index in [0.717, 1.165) is 0 Å². The minimum absolute atomic E-state index is 0.182. The molecule has 0 fully saturated rings. The normalized spacial score (nSPS) is 12.1. The molecule has 0 saturated heterocycles. The third kappa shape index (κ3) is 6.41. The number of ether oxygens (including phenoxy) is 4. The lowest BCUT2D eigenvalue weighted by atomic mass is 10.1. The number of benzene rings is 2. The first-order valence-corrected chi connectivity index (χ1v) is 12.2. The first-order chi connectivity index (χ1) is 15.9. The molecule has 2 aromatic carbocycles. The minimum Gasteiger partial charge on any atom is -0.493 e. The summed E-state index contributed by atoms with van der Waals surface area (Å²) in [7, 11) is 0.813. The third-order valence-corrected chi connectivity index (χ3v) is 6.93. The van der Waals surface area contributed by atoms with Crippen molar-refractivity contribution in [1.29, 1.82) is 0 Å². The van der Waals surface area contributed by atoms with E-state index < -0.39 is 19.3 Å². The Bertz CT molecular complexity index is 928. The van der Waals surface area contributed by atoms with E-state index in [1.54, 1.807) is 57.2 Å². The van der Waals surface area contributed by atoms with Crippen LogP contribution in [0.2, 0.25) is 0 Å². The summed E-state index contributed by atoms with van der Waals surface area (Å²) in [6, 6.07) is 10.0. The maximum Gasteiger partial charge on any atom is 0.357 e. The zero-order valence-corrected chi connectivity index (χ0v) is 20.8. The van der Waals surface area contributed by atoms with Gasteiger partial charge in [-0.1, -0.05) is 0 Å². The van der Waals surface area contributed by atoms with E-state index in [1.807, 2.05) is 0 Å². The summed E-state index contributed by atoms with van der Waals surface area (Å²) >= 11 is 0. The molecular weight excluding hydrogens is 449 g/mol. The Balaban J connectivity index is 2.56. The molecule has 0 heterocycles. The molecule has 1 N–H and O–H groups in total. The van der Waals surface area contributed by atoms with Crippen LogP contribution in [0.1, 0.15) is 42.5 Å². The molecule has 182 valence electrons. The molecule has 0 aliphatic heterocycles. The molecule has 0 aliphatic carbocycles. The summed E-state index contributed by atoms with van der Waals surface area (Å²) in [4.78, 5) is 12.0. The fourth-order valence-electron chi connectivity index (χ4n) is 3.23. The van der Waals surface area contributed by atoms with E-state index in [1.165, 1.54) is 21.3 Å². The highest BCUT2D eigenvalue weighted by Gasteiger charge is 2.38. The molecule has 0 saturated carbocycles. The zero-order chi connectivity index (χ0) is 24.4. The first kappa shape index (κ1) is 26.5. The lowest BCUT2D eigenvalue weighted by Gasteiger charge is -2.29. The summed E-state index contributed by atoms with van der Waals surface area (Å²) in [6.45, 7) is 5.88. The molecule has 10 heteroatoms. The Labute approximate surface area is 194 Å². The summed E-state index contributed by atoms with van der Waals surface area (Å²) < 4.78 is 46.5. The Morgan fingerprint density at radius 1 is 0.879 bits per heavy atom. The summed E-state index contributed by atoms with van der Waals surface area (Å²) in [5, 5.41) is 3.23. The number of hydrogen-bond acceptors (Lipinski definition) is 9. The number of carbonyl (C=O) groups excluding carboxylic acids is 1. The smallest absolute Gasteiger partial charge is 0.357 e. The Kier molecular flexibility index (Phi) is 10.0. The monoisotopic (exact) mass is 481 g/mol. The predicted molar refractivity (Wildman–Crippen MR) is 126 cm³/mol. The highest BCUT2D eigenvalue weighted by molar-refractivity contribution is 7.54. The van der Waals surface area contributed by atoms with Crippen molar-refractivity contribution in [1.82, 2.24) is 0 Å². The molecule has 2 aromatic rings. The van der Waals surface area contributed by atoms with Crippen LogP contribution in [0, 0.1) is 0 Å². The van der Waals surface area contributed by atoms with Gasteiger partial charge < -0.3 is 33.3 Å². The number of carbonyl (C=O) groups is 1. The maximum atomic E-state index is 13.8. The highest BCUT2D eigenvalue weighted by atomic mass is 31.2. The van der Waals surface area contributed by atoms with E-state index in [2.05, 4.69) is 5.32 Å². The van der Waals surface area contributed by atoms with Gasteiger partial charge in [0, 0.05) is 5.69 Å². The Morgan fingerprint density at radius 3 is 1.85 bits per heavy atom. The SMILES string of the molecule is CCOC(=O)c1ccc(NC(c2cc(OC)c(OC)c(OC)c2)P(=O)(OCC)OCC)cc1. The number of anilines is 1. The molecule has 0 aromatic heterocycles.